The van der Waals surface area contributed by atoms with Crippen molar-refractivity contribution >= 4 is 39.0 Å². The van der Waals surface area contributed by atoms with Crippen molar-refractivity contribution < 1.29 is 9.53 Å². The lowest BCUT2D eigenvalue weighted by molar-refractivity contribution is -0.147. The largest absolute Gasteiger partial charge is 0.372 e. The van der Waals surface area contributed by atoms with Crippen LogP contribution in [0.5, 0.6) is 0 Å². The molecule has 1 aliphatic carbocycles. The van der Waals surface area contributed by atoms with E-state index in [4.69, 9.17) is 4.74 Å². The monoisotopic (exact) mass is 464 g/mol. The van der Waals surface area contributed by atoms with Gasteiger partial charge >= 0.3 is 0 Å². The molecule has 0 radical (unpaired) electrons. The third kappa shape index (κ3) is 4.36. The Hall–Kier alpha value is -2.51. The lowest BCUT2D eigenvalue weighted by atomic mass is 9.86. The number of carbonyl (C=O) groups is 1. The van der Waals surface area contributed by atoms with E-state index >= 15 is 0 Å². The van der Waals surface area contributed by atoms with Crippen LogP contribution in [0, 0.1) is 12.8 Å². The van der Waals surface area contributed by atoms with Crippen molar-refractivity contribution in [2.45, 2.75) is 65.6 Å². The van der Waals surface area contributed by atoms with Gasteiger partial charge in [0.2, 0.25) is 5.91 Å². The summed E-state index contributed by atoms with van der Waals surface area (Å²) in [6.07, 6.45) is 5.39. The topological polar surface area (TPSA) is 67.4 Å². The molecule has 1 saturated heterocycles. The lowest BCUT2D eigenvalue weighted by Crippen LogP contribution is -2.50. The third-order valence-corrected chi connectivity index (χ3v) is 8.08. The molecule has 3 unspecified atom stereocenters. The van der Waals surface area contributed by atoms with E-state index in [1.807, 2.05) is 18.7 Å². The van der Waals surface area contributed by atoms with Crippen molar-refractivity contribution in [1.82, 2.24) is 14.9 Å². The summed E-state index contributed by atoms with van der Waals surface area (Å²) in [4.78, 5) is 26.8. The minimum Gasteiger partial charge on any atom is -0.372 e. The van der Waals surface area contributed by atoms with E-state index in [0.29, 0.717) is 13.1 Å². The maximum absolute atomic E-state index is 13.3. The van der Waals surface area contributed by atoms with Gasteiger partial charge in [0.1, 0.15) is 17.0 Å². The molecule has 0 spiro atoms. The van der Waals surface area contributed by atoms with Crippen molar-refractivity contribution in [2.24, 2.45) is 5.92 Å². The molecule has 2 aromatic heterocycles. The van der Waals surface area contributed by atoms with E-state index in [2.05, 4.69) is 47.3 Å². The Morgan fingerprint density at radius 1 is 1.24 bits per heavy atom. The van der Waals surface area contributed by atoms with Gasteiger partial charge in [0.15, 0.2) is 0 Å². The number of aromatic nitrogens is 2. The molecule has 1 fully saturated rings. The quantitative estimate of drug-likeness (QED) is 0.585. The highest BCUT2D eigenvalue weighted by atomic mass is 32.1. The number of amides is 1. The molecule has 7 heteroatoms. The number of thiophene rings is 1. The summed E-state index contributed by atoms with van der Waals surface area (Å²) >= 11 is 1.72. The molecule has 6 nitrogen and oxygen atoms in total. The summed E-state index contributed by atoms with van der Waals surface area (Å²) in [6.45, 7) is 9.80. The molecule has 3 heterocycles. The maximum atomic E-state index is 13.3. The molecular formula is C26H32N4O2S. The number of rotatable bonds is 4. The molecule has 1 N–H and O–H groups in total. The van der Waals surface area contributed by atoms with Gasteiger partial charge in [-0.05, 0) is 75.3 Å². The van der Waals surface area contributed by atoms with E-state index < -0.39 is 0 Å². The molecule has 174 valence electrons. The van der Waals surface area contributed by atoms with Crippen molar-refractivity contribution in [3.8, 4) is 0 Å². The summed E-state index contributed by atoms with van der Waals surface area (Å²) in [5.74, 6) is 1.18. The van der Waals surface area contributed by atoms with Crippen LogP contribution in [0.25, 0.3) is 10.2 Å². The molecule has 1 amide bonds. The van der Waals surface area contributed by atoms with Gasteiger partial charge in [-0.25, -0.2) is 9.97 Å². The Kier molecular flexibility index (Phi) is 6.10. The Balaban J connectivity index is 1.40. The van der Waals surface area contributed by atoms with Gasteiger partial charge < -0.3 is 15.0 Å². The van der Waals surface area contributed by atoms with Gasteiger partial charge in [0.25, 0.3) is 0 Å². The Morgan fingerprint density at radius 3 is 2.79 bits per heavy atom. The summed E-state index contributed by atoms with van der Waals surface area (Å²) in [5.41, 5.74) is 5.01. The van der Waals surface area contributed by atoms with E-state index in [-0.39, 0.29) is 24.0 Å². The van der Waals surface area contributed by atoms with Gasteiger partial charge in [-0.15, -0.1) is 11.3 Å². The predicted molar refractivity (Wildman–Crippen MR) is 133 cm³/mol. The van der Waals surface area contributed by atoms with Gasteiger partial charge in [-0.1, -0.05) is 13.0 Å². The second-order valence-corrected chi connectivity index (χ2v) is 10.5. The van der Waals surface area contributed by atoms with Crippen molar-refractivity contribution in [2.75, 3.05) is 18.4 Å². The minimum absolute atomic E-state index is 0.0386. The Bertz CT molecular complexity index is 1180. The van der Waals surface area contributed by atoms with Gasteiger partial charge in [-0.3, -0.25) is 4.79 Å². The van der Waals surface area contributed by atoms with Crippen LogP contribution in [0.1, 0.15) is 48.8 Å². The molecule has 2 aliphatic rings. The first kappa shape index (κ1) is 22.3. The summed E-state index contributed by atoms with van der Waals surface area (Å²) in [5, 5.41) is 4.67. The maximum Gasteiger partial charge on any atom is 0.226 e. The molecule has 1 aromatic carbocycles. The number of hydrogen-bond donors (Lipinski definition) is 1. The number of anilines is 2. The fraction of sp³-hybridized carbons (Fsp3) is 0.500. The first-order chi connectivity index (χ1) is 15.9. The molecule has 0 saturated carbocycles. The number of nitrogens with one attached hydrogen (secondary N) is 1. The zero-order valence-electron chi connectivity index (χ0n) is 19.9. The average Bonchev–Trinajstić information content (AvgIpc) is 3.18. The molecular weight excluding hydrogens is 432 g/mol. The molecule has 0 bridgehead atoms. The van der Waals surface area contributed by atoms with Crippen LogP contribution >= 0.6 is 11.3 Å². The van der Waals surface area contributed by atoms with E-state index in [9.17, 15) is 4.79 Å². The van der Waals surface area contributed by atoms with E-state index in [0.717, 1.165) is 47.4 Å². The molecule has 3 aromatic rings. The highest BCUT2D eigenvalue weighted by Gasteiger charge is 2.34. The average molecular weight is 465 g/mol. The second kappa shape index (κ2) is 9.03. The number of carbonyl (C=O) groups excluding carboxylic acids is 1. The first-order valence-corrected chi connectivity index (χ1v) is 12.8. The number of morpholine rings is 1. The van der Waals surface area contributed by atoms with Gasteiger partial charge in [0, 0.05) is 29.6 Å². The van der Waals surface area contributed by atoms with Crippen LogP contribution in [-0.4, -0.2) is 46.1 Å². The summed E-state index contributed by atoms with van der Waals surface area (Å²) in [7, 11) is 0. The van der Waals surface area contributed by atoms with E-state index in [1.54, 1.807) is 17.7 Å². The minimum atomic E-state index is 0.0386. The highest BCUT2D eigenvalue weighted by molar-refractivity contribution is 7.19. The highest BCUT2D eigenvalue weighted by Crippen LogP contribution is 2.41. The standard InChI is InChI=1S/C26H32N4O2S/c1-5-18-10-20(8-6-15(18)2)29-24-23-21-9-7-19(11-22(21)33-25(23)28-14-27-24)26(31)30-12-16(3)32-17(4)13-30/h6,8,10,14,16-17,19H,5,7,9,11-13H2,1-4H3,(H,27,28,29). The van der Waals surface area contributed by atoms with Gasteiger partial charge in [-0.2, -0.15) is 0 Å². The van der Waals surface area contributed by atoms with Crippen molar-refractivity contribution in [3.05, 3.63) is 46.1 Å². The van der Waals surface area contributed by atoms with Crippen LogP contribution < -0.4 is 5.32 Å². The zero-order chi connectivity index (χ0) is 23.1. The number of aryl methyl sites for hydroxylation is 3. The molecule has 1 aliphatic heterocycles. The van der Waals surface area contributed by atoms with Crippen LogP contribution in [0.4, 0.5) is 11.5 Å². The predicted octanol–water partition coefficient (Wildman–Crippen LogP) is 5.05. The summed E-state index contributed by atoms with van der Waals surface area (Å²) in [6, 6.07) is 6.48. The molecule has 3 atom stereocenters. The third-order valence-electron chi connectivity index (χ3n) is 6.92. The van der Waals surface area contributed by atoms with E-state index in [1.165, 1.54) is 21.6 Å². The second-order valence-electron chi connectivity index (χ2n) is 9.47. The first-order valence-electron chi connectivity index (χ1n) is 12.0. The zero-order valence-corrected chi connectivity index (χ0v) is 20.7. The van der Waals surface area contributed by atoms with Crippen LogP contribution in [0.2, 0.25) is 0 Å². The van der Waals surface area contributed by atoms with Gasteiger partial charge in [0.05, 0.1) is 17.6 Å². The molecule has 33 heavy (non-hydrogen) atoms. The SMILES string of the molecule is CCc1cc(Nc2ncnc3sc4c(c23)CCC(C(=O)N2CC(C)OC(C)C2)C4)ccc1C. The number of ether oxygens (including phenoxy) is 1. The lowest BCUT2D eigenvalue weighted by Gasteiger charge is -2.37. The normalized spacial score (nSPS) is 22.9. The Morgan fingerprint density at radius 2 is 2.03 bits per heavy atom. The van der Waals surface area contributed by atoms with Crippen molar-refractivity contribution in [1.29, 1.82) is 0 Å². The molecule has 5 rings (SSSR count). The Labute approximate surface area is 199 Å². The number of fused-ring (bicyclic) bond motifs is 3. The fourth-order valence-corrected chi connectivity index (χ4v) is 6.57. The van der Waals surface area contributed by atoms with Crippen LogP contribution in [-0.2, 0) is 28.8 Å². The number of hydrogen-bond acceptors (Lipinski definition) is 6. The summed E-state index contributed by atoms with van der Waals surface area (Å²) < 4.78 is 5.82. The smallest absolute Gasteiger partial charge is 0.226 e. The van der Waals surface area contributed by atoms with Crippen LogP contribution in [0.15, 0.2) is 24.5 Å². The van der Waals surface area contributed by atoms with Crippen LogP contribution in [0.3, 0.4) is 0 Å². The fourth-order valence-electron chi connectivity index (χ4n) is 5.30. The number of benzene rings is 1. The van der Waals surface area contributed by atoms with Crippen molar-refractivity contribution in [3.63, 3.8) is 0 Å². The number of nitrogens with zero attached hydrogens (tertiary/aromatic N) is 3.